The van der Waals surface area contributed by atoms with Crippen LogP contribution in [0.15, 0.2) is 72.8 Å². The molecule has 1 aliphatic rings. The molecule has 4 rings (SSSR count). The Kier molecular flexibility index (Phi) is 5.00. The van der Waals surface area contributed by atoms with Gasteiger partial charge in [-0.05, 0) is 36.4 Å². The number of hydrogen-bond acceptors (Lipinski definition) is 5. The summed E-state index contributed by atoms with van der Waals surface area (Å²) in [6.07, 6.45) is 0. The minimum absolute atomic E-state index is 0.00181. The Morgan fingerprint density at radius 3 is 2.32 bits per heavy atom. The van der Waals surface area contributed by atoms with Crippen molar-refractivity contribution in [1.29, 1.82) is 0 Å². The minimum atomic E-state index is -0.772. The largest absolute Gasteiger partial charge is 0.289 e. The molecular formula is C22H14FN3O5. The van der Waals surface area contributed by atoms with Gasteiger partial charge in [-0.2, -0.15) is 0 Å². The molecule has 0 aromatic heterocycles. The Morgan fingerprint density at radius 2 is 1.65 bits per heavy atom. The van der Waals surface area contributed by atoms with Crippen molar-refractivity contribution >= 4 is 29.1 Å². The van der Waals surface area contributed by atoms with Gasteiger partial charge in [-0.25, -0.2) is 4.39 Å². The summed E-state index contributed by atoms with van der Waals surface area (Å²) in [5.41, 5.74) is -0.0213. The first kappa shape index (κ1) is 19.9. The number of nitrogens with zero attached hydrogens (tertiary/aromatic N) is 3. The molecule has 0 bridgehead atoms. The highest BCUT2D eigenvalue weighted by Gasteiger charge is 2.38. The zero-order valence-electron chi connectivity index (χ0n) is 15.9. The maximum Gasteiger partial charge on any atom is 0.270 e. The molecule has 3 aromatic carbocycles. The Balaban J connectivity index is 1.72. The molecule has 0 N–H and O–H groups in total. The summed E-state index contributed by atoms with van der Waals surface area (Å²) in [5, 5.41) is 11.0. The van der Waals surface area contributed by atoms with Crippen LogP contribution in [0.2, 0.25) is 0 Å². The third-order valence-electron chi connectivity index (χ3n) is 4.83. The van der Waals surface area contributed by atoms with E-state index in [0.29, 0.717) is 0 Å². The number of halogens is 1. The van der Waals surface area contributed by atoms with Gasteiger partial charge in [-0.1, -0.05) is 24.3 Å². The molecule has 0 unspecified atom stereocenters. The topological polar surface area (TPSA) is 101 Å². The van der Waals surface area contributed by atoms with Gasteiger partial charge in [-0.15, -0.1) is 0 Å². The summed E-state index contributed by atoms with van der Waals surface area (Å²) in [6.45, 7) is -0.489. The molecule has 8 nitrogen and oxygen atoms in total. The van der Waals surface area contributed by atoms with Crippen molar-refractivity contribution in [2.75, 3.05) is 11.6 Å². The van der Waals surface area contributed by atoms with Crippen molar-refractivity contribution in [2.24, 2.45) is 0 Å². The molecule has 0 aliphatic carbocycles. The second-order valence-corrected chi connectivity index (χ2v) is 6.75. The van der Waals surface area contributed by atoms with Gasteiger partial charge >= 0.3 is 0 Å². The lowest BCUT2D eigenvalue weighted by molar-refractivity contribution is -0.384. The normalized spacial score (nSPS) is 12.6. The molecule has 154 valence electrons. The number of nitro benzene ring substituents is 1. The van der Waals surface area contributed by atoms with Crippen LogP contribution in [0.4, 0.5) is 15.8 Å². The monoisotopic (exact) mass is 419 g/mol. The second kappa shape index (κ2) is 7.79. The zero-order chi connectivity index (χ0) is 22.1. The smallest absolute Gasteiger partial charge is 0.270 e. The quantitative estimate of drug-likeness (QED) is 0.357. The number of carbonyl (C=O) groups excluding carboxylic acids is 3. The lowest BCUT2D eigenvalue weighted by Gasteiger charge is -2.27. The van der Waals surface area contributed by atoms with E-state index < -0.39 is 35.1 Å². The highest BCUT2D eigenvalue weighted by molar-refractivity contribution is 6.22. The molecule has 0 atom stereocenters. The molecule has 3 amide bonds. The standard InChI is InChI=1S/C22H14FN3O5/c23-15-7-4-8-16(11-15)24(20(27)14-5-2-1-3-6-14)13-25-21(28)18-10-9-17(26(30)31)12-19(18)22(25)29/h1-12H,13H2. The Labute approximate surface area is 175 Å². The molecule has 0 saturated heterocycles. The molecule has 0 spiro atoms. The van der Waals surface area contributed by atoms with Crippen LogP contribution in [0.3, 0.4) is 0 Å². The highest BCUT2D eigenvalue weighted by Crippen LogP contribution is 2.28. The van der Waals surface area contributed by atoms with Gasteiger partial charge in [0.05, 0.1) is 16.1 Å². The van der Waals surface area contributed by atoms with Gasteiger partial charge in [0.2, 0.25) is 0 Å². The number of fused-ring (bicyclic) bond motifs is 1. The number of non-ortho nitro benzene ring substituents is 1. The average Bonchev–Trinajstić information content (AvgIpc) is 3.01. The molecule has 3 aromatic rings. The van der Waals surface area contributed by atoms with E-state index in [1.807, 2.05) is 0 Å². The molecule has 1 heterocycles. The van der Waals surface area contributed by atoms with E-state index in [1.54, 1.807) is 30.3 Å². The molecular weight excluding hydrogens is 405 g/mol. The lowest BCUT2D eigenvalue weighted by Crippen LogP contribution is -2.44. The Hall–Kier alpha value is -4.40. The van der Waals surface area contributed by atoms with Crippen LogP contribution in [0, 0.1) is 15.9 Å². The summed E-state index contributed by atoms with van der Waals surface area (Å²) in [4.78, 5) is 51.1. The maximum atomic E-state index is 13.8. The first-order valence-corrected chi connectivity index (χ1v) is 9.14. The predicted octanol–water partition coefficient (Wildman–Crippen LogP) is 3.63. The fourth-order valence-corrected chi connectivity index (χ4v) is 3.31. The second-order valence-electron chi connectivity index (χ2n) is 6.75. The first-order valence-electron chi connectivity index (χ1n) is 9.14. The van der Waals surface area contributed by atoms with Crippen LogP contribution in [-0.4, -0.2) is 34.2 Å². The molecule has 0 radical (unpaired) electrons. The van der Waals surface area contributed by atoms with Gasteiger partial charge in [0.1, 0.15) is 12.5 Å². The van der Waals surface area contributed by atoms with Gasteiger partial charge in [-0.3, -0.25) is 34.3 Å². The summed E-state index contributed by atoms with van der Waals surface area (Å²) >= 11 is 0. The van der Waals surface area contributed by atoms with E-state index in [0.717, 1.165) is 28.0 Å². The maximum absolute atomic E-state index is 13.8. The van der Waals surface area contributed by atoms with Crippen LogP contribution in [0.25, 0.3) is 0 Å². The van der Waals surface area contributed by atoms with Crippen LogP contribution in [0.1, 0.15) is 31.1 Å². The van der Waals surface area contributed by atoms with Crippen molar-refractivity contribution in [3.63, 3.8) is 0 Å². The molecule has 31 heavy (non-hydrogen) atoms. The highest BCUT2D eigenvalue weighted by atomic mass is 19.1. The van der Waals surface area contributed by atoms with Crippen molar-refractivity contribution in [2.45, 2.75) is 0 Å². The van der Waals surface area contributed by atoms with Crippen LogP contribution in [0.5, 0.6) is 0 Å². The first-order chi connectivity index (χ1) is 14.9. The molecule has 1 aliphatic heterocycles. The SMILES string of the molecule is O=C1c2ccc([N+](=O)[O-])cc2C(=O)N1CN(C(=O)c1ccccc1)c1cccc(F)c1. The fraction of sp³-hybridized carbons (Fsp3) is 0.0455. The van der Waals surface area contributed by atoms with Crippen molar-refractivity contribution in [1.82, 2.24) is 4.90 Å². The van der Waals surface area contributed by atoms with Gasteiger partial charge in [0.25, 0.3) is 23.4 Å². The summed E-state index contributed by atoms with van der Waals surface area (Å²) < 4.78 is 13.8. The number of carbonyl (C=O) groups is 3. The number of amides is 3. The van der Waals surface area contributed by atoms with Crippen molar-refractivity contribution < 1.29 is 23.7 Å². The predicted molar refractivity (Wildman–Crippen MR) is 108 cm³/mol. The van der Waals surface area contributed by atoms with Gasteiger partial charge in [0.15, 0.2) is 0 Å². The summed E-state index contributed by atoms with van der Waals surface area (Å²) in [7, 11) is 0. The number of hydrogen-bond donors (Lipinski definition) is 0. The zero-order valence-corrected chi connectivity index (χ0v) is 15.9. The van der Waals surface area contributed by atoms with Crippen LogP contribution < -0.4 is 4.90 Å². The van der Waals surface area contributed by atoms with E-state index in [4.69, 9.17) is 0 Å². The minimum Gasteiger partial charge on any atom is -0.289 e. The van der Waals surface area contributed by atoms with E-state index in [2.05, 4.69) is 0 Å². The Morgan fingerprint density at radius 1 is 0.935 bits per heavy atom. The van der Waals surface area contributed by atoms with Crippen molar-refractivity contribution in [3.05, 3.63) is 105 Å². The van der Waals surface area contributed by atoms with E-state index in [-0.39, 0.29) is 28.1 Å². The van der Waals surface area contributed by atoms with Gasteiger partial charge in [0, 0.05) is 23.4 Å². The number of nitro groups is 1. The summed E-state index contributed by atoms with van der Waals surface area (Å²) in [5.74, 6) is -2.61. The molecule has 0 fully saturated rings. The Bertz CT molecular complexity index is 1230. The number of benzene rings is 3. The lowest BCUT2D eigenvalue weighted by atomic mass is 10.1. The van der Waals surface area contributed by atoms with E-state index >= 15 is 0 Å². The van der Waals surface area contributed by atoms with E-state index in [1.165, 1.54) is 24.3 Å². The van der Waals surface area contributed by atoms with Crippen LogP contribution in [-0.2, 0) is 0 Å². The fourth-order valence-electron chi connectivity index (χ4n) is 3.31. The van der Waals surface area contributed by atoms with Crippen molar-refractivity contribution in [3.8, 4) is 0 Å². The number of anilines is 1. The molecule has 0 saturated carbocycles. The number of rotatable bonds is 5. The number of imide groups is 1. The average molecular weight is 419 g/mol. The van der Waals surface area contributed by atoms with Gasteiger partial charge < -0.3 is 0 Å². The van der Waals surface area contributed by atoms with Crippen LogP contribution >= 0.6 is 0 Å². The third-order valence-corrected chi connectivity index (χ3v) is 4.83. The molecule has 9 heteroatoms. The third kappa shape index (κ3) is 3.64. The van der Waals surface area contributed by atoms with E-state index in [9.17, 15) is 28.9 Å². The summed E-state index contributed by atoms with van der Waals surface area (Å²) in [6, 6.07) is 16.7.